The molecule has 0 bridgehead atoms. The van der Waals surface area contributed by atoms with Gasteiger partial charge in [-0.2, -0.15) is 5.10 Å². The molecule has 0 radical (unpaired) electrons. The average molecular weight is 277 g/mol. The zero-order chi connectivity index (χ0) is 13.8. The molecular weight excluding hydrogens is 258 g/mol. The van der Waals surface area contributed by atoms with Gasteiger partial charge in [0.15, 0.2) is 0 Å². The molecule has 2 rings (SSSR count). The highest BCUT2D eigenvalue weighted by Crippen LogP contribution is 2.20. The van der Waals surface area contributed by atoms with Crippen molar-refractivity contribution < 1.29 is 4.79 Å². The van der Waals surface area contributed by atoms with Gasteiger partial charge in [-0.1, -0.05) is 0 Å². The number of amides is 1. The van der Waals surface area contributed by atoms with E-state index in [1.165, 1.54) is 10.4 Å². The Morgan fingerprint density at radius 2 is 2.21 bits per heavy atom. The molecule has 0 aliphatic carbocycles. The van der Waals surface area contributed by atoms with Gasteiger partial charge in [-0.15, -0.1) is 11.3 Å². The predicted octanol–water partition coefficient (Wildman–Crippen LogP) is 2.69. The van der Waals surface area contributed by atoms with Crippen LogP contribution in [0.5, 0.6) is 0 Å². The number of hydrogen-bond acceptors (Lipinski definition) is 3. The van der Waals surface area contributed by atoms with E-state index >= 15 is 0 Å². The topological polar surface area (TPSA) is 46.9 Å². The molecule has 0 spiro atoms. The number of rotatable bonds is 5. The fraction of sp³-hybridized carbons (Fsp3) is 0.429. The molecule has 19 heavy (non-hydrogen) atoms. The van der Waals surface area contributed by atoms with Gasteiger partial charge in [0.25, 0.3) is 5.91 Å². The molecule has 0 aromatic carbocycles. The molecular formula is C14H19N3OS. The smallest absolute Gasteiger partial charge is 0.261 e. The summed E-state index contributed by atoms with van der Waals surface area (Å²) in [6.07, 6.45) is 2.68. The summed E-state index contributed by atoms with van der Waals surface area (Å²) in [5, 5.41) is 7.16. The minimum Gasteiger partial charge on any atom is -0.351 e. The summed E-state index contributed by atoms with van der Waals surface area (Å²) in [5.41, 5.74) is 2.33. The van der Waals surface area contributed by atoms with Gasteiger partial charge in [0.1, 0.15) is 0 Å². The second kappa shape index (κ2) is 6.02. The number of nitrogens with zero attached hydrogens (tertiary/aromatic N) is 2. The molecule has 2 aromatic heterocycles. The Morgan fingerprint density at radius 1 is 1.42 bits per heavy atom. The van der Waals surface area contributed by atoms with E-state index in [0.29, 0.717) is 6.54 Å². The number of aryl methyl sites for hydroxylation is 4. The van der Waals surface area contributed by atoms with Crippen LogP contribution in [0.1, 0.15) is 32.2 Å². The molecule has 0 saturated heterocycles. The quantitative estimate of drug-likeness (QED) is 0.854. The van der Waals surface area contributed by atoms with Gasteiger partial charge < -0.3 is 5.32 Å². The standard InChI is InChI=1S/C14H19N3OS/c1-10-9-13(19-12(10)3)14(18)15-6-4-8-17-11(2)5-7-16-17/h5,7,9H,4,6,8H2,1-3H3,(H,15,18). The second-order valence-corrected chi connectivity index (χ2v) is 5.91. The van der Waals surface area contributed by atoms with Crippen LogP contribution in [-0.4, -0.2) is 22.2 Å². The molecule has 4 nitrogen and oxygen atoms in total. The lowest BCUT2D eigenvalue weighted by Gasteiger charge is -2.05. The van der Waals surface area contributed by atoms with Gasteiger partial charge in [-0.25, -0.2) is 0 Å². The lowest BCUT2D eigenvalue weighted by molar-refractivity contribution is 0.0956. The van der Waals surface area contributed by atoms with E-state index in [1.54, 1.807) is 17.5 Å². The Bertz CT molecular complexity index is 552. The molecule has 0 aliphatic heterocycles. The first-order valence-electron chi connectivity index (χ1n) is 6.41. The molecule has 0 fully saturated rings. The maximum atomic E-state index is 11.9. The van der Waals surface area contributed by atoms with Gasteiger partial charge in [0.05, 0.1) is 4.88 Å². The van der Waals surface area contributed by atoms with Crippen LogP contribution in [0.25, 0.3) is 0 Å². The van der Waals surface area contributed by atoms with Gasteiger partial charge in [-0.3, -0.25) is 9.48 Å². The Hall–Kier alpha value is -1.62. The molecule has 2 aromatic rings. The van der Waals surface area contributed by atoms with Crippen LogP contribution < -0.4 is 5.32 Å². The van der Waals surface area contributed by atoms with Crippen molar-refractivity contribution in [3.05, 3.63) is 39.3 Å². The molecule has 2 heterocycles. The van der Waals surface area contributed by atoms with E-state index < -0.39 is 0 Å². The Balaban J connectivity index is 1.77. The molecule has 0 saturated carbocycles. The number of hydrogen-bond donors (Lipinski definition) is 1. The first-order valence-corrected chi connectivity index (χ1v) is 7.23. The van der Waals surface area contributed by atoms with E-state index in [4.69, 9.17) is 0 Å². The third kappa shape index (κ3) is 3.44. The molecule has 1 N–H and O–H groups in total. The van der Waals surface area contributed by atoms with E-state index in [9.17, 15) is 4.79 Å². The van der Waals surface area contributed by atoms with Crippen LogP contribution in [0.2, 0.25) is 0 Å². The van der Waals surface area contributed by atoms with E-state index in [1.807, 2.05) is 37.6 Å². The Labute approximate surface area is 117 Å². The predicted molar refractivity (Wildman–Crippen MR) is 77.7 cm³/mol. The summed E-state index contributed by atoms with van der Waals surface area (Å²) in [7, 11) is 0. The van der Waals surface area contributed by atoms with Crippen molar-refractivity contribution in [2.24, 2.45) is 0 Å². The maximum absolute atomic E-state index is 11.9. The van der Waals surface area contributed by atoms with Gasteiger partial charge >= 0.3 is 0 Å². The first kappa shape index (κ1) is 13.8. The van der Waals surface area contributed by atoms with Crippen LogP contribution >= 0.6 is 11.3 Å². The number of carbonyl (C=O) groups excluding carboxylic acids is 1. The summed E-state index contributed by atoms with van der Waals surface area (Å²) in [6, 6.07) is 3.93. The summed E-state index contributed by atoms with van der Waals surface area (Å²) in [6.45, 7) is 7.61. The highest BCUT2D eigenvalue weighted by molar-refractivity contribution is 7.14. The van der Waals surface area contributed by atoms with Gasteiger partial charge in [0, 0.05) is 29.9 Å². The van der Waals surface area contributed by atoms with Crippen LogP contribution in [0.15, 0.2) is 18.3 Å². The SMILES string of the molecule is Cc1cc(C(=O)NCCCn2nccc2C)sc1C. The number of aromatic nitrogens is 2. The molecule has 1 amide bonds. The summed E-state index contributed by atoms with van der Waals surface area (Å²) < 4.78 is 1.95. The van der Waals surface area contributed by atoms with Crippen molar-refractivity contribution in [3.8, 4) is 0 Å². The van der Waals surface area contributed by atoms with Crippen LogP contribution in [0, 0.1) is 20.8 Å². The zero-order valence-corrected chi connectivity index (χ0v) is 12.4. The molecule has 0 unspecified atom stereocenters. The Morgan fingerprint density at radius 3 is 2.79 bits per heavy atom. The second-order valence-electron chi connectivity index (χ2n) is 4.66. The van der Waals surface area contributed by atoms with E-state index in [0.717, 1.165) is 23.5 Å². The monoisotopic (exact) mass is 277 g/mol. The van der Waals surface area contributed by atoms with Gasteiger partial charge in [0.2, 0.25) is 0 Å². The van der Waals surface area contributed by atoms with Crippen molar-refractivity contribution in [2.45, 2.75) is 33.7 Å². The highest BCUT2D eigenvalue weighted by Gasteiger charge is 2.09. The van der Waals surface area contributed by atoms with Crippen LogP contribution in [0.4, 0.5) is 0 Å². The third-order valence-corrected chi connectivity index (χ3v) is 4.30. The summed E-state index contributed by atoms with van der Waals surface area (Å²) >= 11 is 1.55. The first-order chi connectivity index (χ1) is 9.08. The molecule has 102 valence electrons. The maximum Gasteiger partial charge on any atom is 0.261 e. The summed E-state index contributed by atoms with van der Waals surface area (Å²) in [5.74, 6) is 0.0263. The number of carbonyl (C=O) groups is 1. The molecule has 0 atom stereocenters. The lowest BCUT2D eigenvalue weighted by Crippen LogP contribution is -2.24. The minimum absolute atomic E-state index is 0.0263. The van der Waals surface area contributed by atoms with Crippen molar-refractivity contribution in [1.82, 2.24) is 15.1 Å². The zero-order valence-electron chi connectivity index (χ0n) is 11.6. The number of thiophene rings is 1. The number of nitrogens with one attached hydrogen (secondary N) is 1. The fourth-order valence-electron chi connectivity index (χ4n) is 1.84. The minimum atomic E-state index is 0.0263. The average Bonchev–Trinajstić information content (AvgIpc) is 2.92. The molecule has 0 aliphatic rings. The normalized spacial score (nSPS) is 10.7. The molecule has 5 heteroatoms. The van der Waals surface area contributed by atoms with Crippen molar-refractivity contribution in [2.75, 3.05) is 6.54 Å². The highest BCUT2D eigenvalue weighted by atomic mass is 32.1. The summed E-state index contributed by atoms with van der Waals surface area (Å²) in [4.78, 5) is 13.9. The van der Waals surface area contributed by atoms with Crippen LogP contribution in [-0.2, 0) is 6.54 Å². The van der Waals surface area contributed by atoms with Crippen molar-refractivity contribution >= 4 is 17.2 Å². The van der Waals surface area contributed by atoms with Crippen LogP contribution in [0.3, 0.4) is 0 Å². The largest absolute Gasteiger partial charge is 0.351 e. The third-order valence-electron chi connectivity index (χ3n) is 3.15. The van der Waals surface area contributed by atoms with Crippen molar-refractivity contribution in [1.29, 1.82) is 0 Å². The fourth-order valence-corrected chi connectivity index (χ4v) is 2.79. The van der Waals surface area contributed by atoms with E-state index in [-0.39, 0.29) is 5.91 Å². The van der Waals surface area contributed by atoms with E-state index in [2.05, 4.69) is 10.4 Å². The van der Waals surface area contributed by atoms with Gasteiger partial charge in [-0.05, 0) is 44.9 Å². The Kier molecular flexibility index (Phi) is 4.37. The lowest BCUT2D eigenvalue weighted by atomic mass is 10.3. The van der Waals surface area contributed by atoms with Crippen molar-refractivity contribution in [3.63, 3.8) is 0 Å².